The number of nitrogens with zero attached hydrogens (tertiary/aromatic N) is 1. The molecule has 1 fully saturated rings. The largest absolute Gasteiger partial charge is 0.478 e. The molecule has 0 saturated carbocycles. The first kappa shape index (κ1) is 11.7. The van der Waals surface area contributed by atoms with Crippen molar-refractivity contribution in [1.82, 2.24) is 4.90 Å². The van der Waals surface area contributed by atoms with Crippen molar-refractivity contribution in [3.63, 3.8) is 0 Å². The number of hydrogen-bond acceptors (Lipinski definition) is 4. The van der Waals surface area contributed by atoms with Crippen LogP contribution in [0.5, 0.6) is 0 Å². The number of aliphatic carboxylic acids is 1. The zero-order valence-electron chi connectivity index (χ0n) is 8.31. The Kier molecular flexibility index (Phi) is 3.81. The van der Waals surface area contributed by atoms with E-state index >= 15 is 0 Å². The molecule has 0 aromatic rings. The van der Waals surface area contributed by atoms with E-state index in [2.05, 4.69) is 6.58 Å². The second-order valence-corrected chi connectivity index (χ2v) is 3.37. The van der Waals surface area contributed by atoms with Gasteiger partial charge in [0.2, 0.25) is 5.91 Å². The minimum atomic E-state index is -1.07. The van der Waals surface area contributed by atoms with Gasteiger partial charge in [0.15, 0.2) is 0 Å². The summed E-state index contributed by atoms with van der Waals surface area (Å²) in [6, 6.07) is -0.560. The number of carbonyl (C=O) groups excluding carboxylic acids is 1. The lowest BCUT2D eigenvalue weighted by Gasteiger charge is -2.33. The molecule has 6 nitrogen and oxygen atoms in total. The summed E-state index contributed by atoms with van der Waals surface area (Å²) < 4.78 is 5.10. The quantitative estimate of drug-likeness (QED) is 0.574. The van der Waals surface area contributed by atoms with Crippen molar-refractivity contribution in [2.75, 3.05) is 26.3 Å². The predicted molar refractivity (Wildman–Crippen MR) is 52.2 cm³/mol. The molecular formula is C9H14N2O4. The highest BCUT2D eigenvalue weighted by molar-refractivity contribution is 5.86. The van der Waals surface area contributed by atoms with E-state index in [4.69, 9.17) is 15.6 Å². The van der Waals surface area contributed by atoms with Gasteiger partial charge in [-0.1, -0.05) is 6.58 Å². The van der Waals surface area contributed by atoms with Gasteiger partial charge in [-0.3, -0.25) is 9.69 Å². The lowest BCUT2D eigenvalue weighted by atomic mass is 10.2. The molecule has 1 saturated heterocycles. The average Bonchev–Trinajstić information content (AvgIpc) is 2.18. The summed E-state index contributed by atoms with van der Waals surface area (Å²) in [4.78, 5) is 23.3. The van der Waals surface area contributed by atoms with Crippen LogP contribution in [-0.2, 0) is 14.3 Å². The maximum Gasteiger partial charge on any atom is 0.332 e. The van der Waals surface area contributed by atoms with Gasteiger partial charge < -0.3 is 15.6 Å². The summed E-state index contributed by atoms with van der Waals surface area (Å²) in [5, 5.41) is 8.66. The molecule has 1 rings (SSSR count). The minimum absolute atomic E-state index is 0.0446. The molecule has 1 atom stereocenters. The molecule has 0 spiro atoms. The molecular weight excluding hydrogens is 200 g/mol. The van der Waals surface area contributed by atoms with E-state index in [0.717, 1.165) is 0 Å². The van der Waals surface area contributed by atoms with Gasteiger partial charge in [0, 0.05) is 18.7 Å². The smallest absolute Gasteiger partial charge is 0.332 e. The van der Waals surface area contributed by atoms with Crippen molar-refractivity contribution < 1.29 is 19.4 Å². The Morgan fingerprint density at radius 3 is 2.80 bits per heavy atom. The van der Waals surface area contributed by atoms with E-state index in [9.17, 15) is 9.59 Å². The molecule has 1 amide bonds. The van der Waals surface area contributed by atoms with E-state index in [1.165, 1.54) is 0 Å². The van der Waals surface area contributed by atoms with Crippen molar-refractivity contribution in [2.24, 2.45) is 5.73 Å². The lowest BCUT2D eigenvalue weighted by molar-refractivity contribution is -0.135. The Balaban J connectivity index is 2.61. The van der Waals surface area contributed by atoms with E-state index < -0.39 is 17.9 Å². The van der Waals surface area contributed by atoms with Crippen LogP contribution in [0.3, 0.4) is 0 Å². The molecule has 1 aliphatic heterocycles. The van der Waals surface area contributed by atoms with Crippen molar-refractivity contribution in [3.05, 3.63) is 12.2 Å². The molecule has 1 aliphatic rings. The molecule has 0 aromatic carbocycles. The van der Waals surface area contributed by atoms with E-state index in [1.807, 2.05) is 0 Å². The van der Waals surface area contributed by atoms with Crippen LogP contribution in [0.4, 0.5) is 0 Å². The van der Waals surface area contributed by atoms with Gasteiger partial charge in [-0.25, -0.2) is 4.79 Å². The molecule has 0 bridgehead atoms. The first-order valence-corrected chi connectivity index (χ1v) is 4.54. The molecule has 6 heteroatoms. The van der Waals surface area contributed by atoms with Gasteiger partial charge in [0.25, 0.3) is 0 Å². The van der Waals surface area contributed by atoms with Gasteiger partial charge >= 0.3 is 5.97 Å². The second kappa shape index (κ2) is 4.90. The number of nitrogens with two attached hydrogens (primary N) is 1. The van der Waals surface area contributed by atoms with Crippen LogP contribution >= 0.6 is 0 Å². The first-order valence-electron chi connectivity index (χ1n) is 4.54. The van der Waals surface area contributed by atoms with E-state index in [0.29, 0.717) is 13.2 Å². The third kappa shape index (κ3) is 3.03. The van der Waals surface area contributed by atoms with E-state index in [1.54, 1.807) is 4.90 Å². The fraction of sp³-hybridized carbons (Fsp3) is 0.556. The Morgan fingerprint density at radius 1 is 1.60 bits per heavy atom. The lowest BCUT2D eigenvalue weighted by Crippen LogP contribution is -2.53. The van der Waals surface area contributed by atoms with Gasteiger partial charge in [-0.05, 0) is 0 Å². The monoisotopic (exact) mass is 214 g/mol. The minimum Gasteiger partial charge on any atom is -0.478 e. The summed E-state index contributed by atoms with van der Waals surface area (Å²) in [6.07, 6.45) is 0. The molecule has 3 N–H and O–H groups in total. The highest BCUT2D eigenvalue weighted by Crippen LogP contribution is 2.08. The summed E-state index contributed by atoms with van der Waals surface area (Å²) >= 11 is 0. The van der Waals surface area contributed by atoms with Crippen molar-refractivity contribution in [1.29, 1.82) is 0 Å². The summed E-state index contributed by atoms with van der Waals surface area (Å²) in [6.45, 7) is 4.70. The van der Waals surface area contributed by atoms with Crippen LogP contribution in [0.1, 0.15) is 0 Å². The third-order valence-electron chi connectivity index (χ3n) is 2.26. The maximum atomic E-state index is 11.0. The van der Waals surface area contributed by atoms with Crippen molar-refractivity contribution in [3.8, 4) is 0 Å². The third-order valence-corrected chi connectivity index (χ3v) is 2.26. The van der Waals surface area contributed by atoms with Crippen LogP contribution in [0, 0.1) is 0 Å². The maximum absolute atomic E-state index is 11.0. The van der Waals surface area contributed by atoms with E-state index in [-0.39, 0.29) is 18.7 Å². The molecule has 84 valence electrons. The van der Waals surface area contributed by atoms with Crippen molar-refractivity contribution >= 4 is 11.9 Å². The number of primary amides is 1. The molecule has 1 unspecified atom stereocenters. The number of carboxylic acid groups (broad SMARTS) is 1. The van der Waals surface area contributed by atoms with Crippen LogP contribution in [-0.4, -0.2) is 54.2 Å². The Bertz CT molecular complexity index is 290. The number of amides is 1. The Labute approximate surface area is 87.3 Å². The van der Waals surface area contributed by atoms with Crippen molar-refractivity contribution in [2.45, 2.75) is 6.04 Å². The predicted octanol–water partition coefficient (Wildman–Crippen LogP) is -1.19. The second-order valence-electron chi connectivity index (χ2n) is 3.37. The standard InChI is InChI=1S/C9H14N2O4/c1-6(9(13)14)4-11-2-3-15-5-7(11)8(10)12/h7H,1-5H2,(H2,10,12)(H,13,14). The number of carboxylic acids is 1. The number of carbonyl (C=O) groups is 2. The summed E-state index contributed by atoms with van der Waals surface area (Å²) in [5.74, 6) is -1.57. The number of morpholine rings is 1. The zero-order valence-corrected chi connectivity index (χ0v) is 8.31. The Hall–Kier alpha value is -1.40. The highest BCUT2D eigenvalue weighted by Gasteiger charge is 2.28. The fourth-order valence-electron chi connectivity index (χ4n) is 1.40. The van der Waals surface area contributed by atoms with Gasteiger partial charge in [-0.2, -0.15) is 0 Å². The first-order chi connectivity index (χ1) is 7.02. The zero-order chi connectivity index (χ0) is 11.4. The average molecular weight is 214 g/mol. The number of ether oxygens (including phenoxy) is 1. The topological polar surface area (TPSA) is 92.9 Å². The molecule has 0 radical (unpaired) electrons. The summed E-state index contributed by atoms with van der Waals surface area (Å²) in [7, 11) is 0. The SMILES string of the molecule is C=C(CN1CCOCC1C(N)=O)C(=O)O. The molecule has 0 aliphatic carbocycles. The van der Waals surface area contributed by atoms with Crippen LogP contribution in [0.2, 0.25) is 0 Å². The van der Waals surface area contributed by atoms with Crippen LogP contribution < -0.4 is 5.73 Å². The number of rotatable bonds is 4. The molecule has 15 heavy (non-hydrogen) atoms. The fourth-order valence-corrected chi connectivity index (χ4v) is 1.40. The molecule has 0 aromatic heterocycles. The normalized spacial score (nSPS) is 22.3. The number of hydrogen-bond donors (Lipinski definition) is 2. The van der Waals surface area contributed by atoms with Gasteiger partial charge in [0.05, 0.1) is 13.2 Å². The Morgan fingerprint density at radius 2 is 2.27 bits per heavy atom. The van der Waals surface area contributed by atoms with Crippen LogP contribution in [0.25, 0.3) is 0 Å². The highest BCUT2D eigenvalue weighted by atomic mass is 16.5. The van der Waals surface area contributed by atoms with Gasteiger partial charge in [-0.15, -0.1) is 0 Å². The van der Waals surface area contributed by atoms with Gasteiger partial charge in [0.1, 0.15) is 6.04 Å². The molecule has 1 heterocycles. The summed E-state index contributed by atoms with van der Waals surface area (Å²) in [5.41, 5.74) is 5.22. The van der Waals surface area contributed by atoms with Crippen LogP contribution in [0.15, 0.2) is 12.2 Å².